The van der Waals surface area contributed by atoms with Gasteiger partial charge in [0.1, 0.15) is 0 Å². The Morgan fingerprint density at radius 2 is 1.87 bits per heavy atom. The third kappa shape index (κ3) is 6.68. The van der Waals surface area contributed by atoms with Gasteiger partial charge in [-0.25, -0.2) is 0 Å². The molecule has 4 nitrogen and oxygen atoms in total. The van der Waals surface area contributed by atoms with Crippen molar-refractivity contribution in [2.45, 2.75) is 59.3 Å². The van der Waals surface area contributed by atoms with Crippen LogP contribution in [0.25, 0.3) is 11.4 Å². The molecule has 0 saturated carbocycles. The molecule has 23 heavy (non-hydrogen) atoms. The zero-order valence-electron chi connectivity index (χ0n) is 14.8. The van der Waals surface area contributed by atoms with Crippen molar-refractivity contribution >= 4 is 0 Å². The fourth-order valence-electron chi connectivity index (χ4n) is 2.17. The Bertz CT molecular complexity index is 583. The van der Waals surface area contributed by atoms with Crippen molar-refractivity contribution in [3.05, 3.63) is 48.0 Å². The molecule has 1 aromatic carbocycles. The van der Waals surface area contributed by atoms with Gasteiger partial charge in [0.25, 0.3) is 0 Å². The summed E-state index contributed by atoms with van der Waals surface area (Å²) in [5, 5.41) is 4.11. The van der Waals surface area contributed by atoms with E-state index in [4.69, 9.17) is 10.3 Å². The molecule has 2 N–H and O–H groups in total. The van der Waals surface area contributed by atoms with Gasteiger partial charge in [0.2, 0.25) is 11.7 Å². The summed E-state index contributed by atoms with van der Waals surface area (Å²) < 4.78 is 5.44. The quantitative estimate of drug-likeness (QED) is 0.795. The predicted octanol–water partition coefficient (Wildman–Crippen LogP) is 5.21. The summed E-state index contributed by atoms with van der Waals surface area (Å²) in [5.74, 6) is 1.88. The van der Waals surface area contributed by atoms with Crippen molar-refractivity contribution in [3.8, 4) is 11.4 Å². The van der Waals surface area contributed by atoms with Gasteiger partial charge in [-0.05, 0) is 32.4 Å². The third-order valence-electron chi connectivity index (χ3n) is 3.50. The van der Waals surface area contributed by atoms with E-state index in [0.29, 0.717) is 17.4 Å². The van der Waals surface area contributed by atoms with Crippen LogP contribution in [0.3, 0.4) is 0 Å². The molecule has 0 aliphatic carbocycles. The van der Waals surface area contributed by atoms with Crippen LogP contribution < -0.4 is 5.73 Å². The smallest absolute Gasteiger partial charge is 0.230 e. The van der Waals surface area contributed by atoms with E-state index in [2.05, 4.69) is 49.6 Å². The largest absolute Gasteiger partial charge is 0.403 e. The number of aromatic nitrogens is 2. The number of allylic oxidation sites excluding steroid dienone is 1. The lowest BCUT2D eigenvalue weighted by Crippen LogP contribution is -1.97. The van der Waals surface area contributed by atoms with Gasteiger partial charge in [0.15, 0.2) is 0 Å². The first-order valence-electron chi connectivity index (χ1n) is 8.29. The fourth-order valence-corrected chi connectivity index (χ4v) is 2.17. The van der Waals surface area contributed by atoms with Crippen molar-refractivity contribution in [1.29, 1.82) is 0 Å². The summed E-state index contributed by atoms with van der Waals surface area (Å²) in [4.78, 5) is 4.56. The molecule has 1 atom stereocenters. The highest BCUT2D eigenvalue weighted by Gasteiger charge is 2.17. The van der Waals surface area contributed by atoms with Crippen molar-refractivity contribution in [1.82, 2.24) is 10.1 Å². The van der Waals surface area contributed by atoms with Crippen LogP contribution in [0.5, 0.6) is 0 Å². The van der Waals surface area contributed by atoms with E-state index in [1.807, 2.05) is 12.1 Å². The maximum Gasteiger partial charge on any atom is 0.230 e. The fraction of sp³-hybridized carbons (Fsp3) is 0.474. The normalized spacial score (nSPS) is 11.5. The Morgan fingerprint density at radius 3 is 2.39 bits per heavy atom. The second kappa shape index (κ2) is 9.82. The minimum absolute atomic E-state index is 0.395. The molecule has 0 saturated heterocycles. The highest BCUT2D eigenvalue weighted by molar-refractivity contribution is 5.54. The summed E-state index contributed by atoms with van der Waals surface area (Å²) in [6.07, 6.45) is 4.59. The van der Waals surface area contributed by atoms with Gasteiger partial charge in [-0.15, -0.1) is 0 Å². The minimum Gasteiger partial charge on any atom is -0.403 e. The summed E-state index contributed by atoms with van der Waals surface area (Å²) >= 11 is 0. The SMILES string of the molecule is C=C(C)N.CCCCC(CC)c1nc(-c2ccc(C)cc2)no1. The van der Waals surface area contributed by atoms with Gasteiger partial charge in [0, 0.05) is 11.5 Å². The number of aryl methyl sites for hydroxylation is 1. The average Bonchev–Trinajstić information content (AvgIpc) is 2.98. The topological polar surface area (TPSA) is 64.9 Å². The first-order valence-corrected chi connectivity index (χ1v) is 8.29. The zero-order valence-corrected chi connectivity index (χ0v) is 14.8. The van der Waals surface area contributed by atoms with Crippen molar-refractivity contribution in [3.63, 3.8) is 0 Å². The maximum atomic E-state index is 5.44. The van der Waals surface area contributed by atoms with Crippen LogP contribution in [-0.4, -0.2) is 10.1 Å². The number of unbranched alkanes of at least 4 members (excludes halogenated alkanes) is 1. The molecule has 1 unspecified atom stereocenters. The van der Waals surface area contributed by atoms with Crippen LogP contribution in [0.2, 0.25) is 0 Å². The number of benzene rings is 1. The first-order chi connectivity index (χ1) is 11.0. The highest BCUT2D eigenvalue weighted by atomic mass is 16.5. The van der Waals surface area contributed by atoms with Gasteiger partial charge in [-0.3, -0.25) is 0 Å². The number of hydrogen-bond acceptors (Lipinski definition) is 4. The van der Waals surface area contributed by atoms with Gasteiger partial charge in [-0.1, -0.05) is 68.3 Å². The molecule has 0 bridgehead atoms. The second-order valence-corrected chi connectivity index (χ2v) is 5.92. The van der Waals surface area contributed by atoms with Gasteiger partial charge >= 0.3 is 0 Å². The Balaban J connectivity index is 0.000000593. The molecule has 0 amide bonds. The van der Waals surface area contributed by atoms with Crippen LogP contribution in [0.15, 0.2) is 41.1 Å². The Kier molecular flexibility index (Phi) is 8.09. The molecule has 2 rings (SSSR count). The Morgan fingerprint density at radius 1 is 1.26 bits per heavy atom. The number of rotatable bonds is 6. The van der Waals surface area contributed by atoms with Gasteiger partial charge < -0.3 is 10.3 Å². The second-order valence-electron chi connectivity index (χ2n) is 5.92. The predicted molar refractivity (Wildman–Crippen MR) is 96.0 cm³/mol. The minimum atomic E-state index is 0.395. The standard InChI is InChI=1S/C16H22N2O.C3H7N/c1-4-6-7-13(5-2)16-17-15(18-19-16)14-10-8-12(3)9-11-14;1-3(2)4/h8-11,13H,4-7H2,1-3H3;1,4H2,2H3. The van der Waals surface area contributed by atoms with Gasteiger partial charge in [0.05, 0.1) is 0 Å². The van der Waals surface area contributed by atoms with E-state index in [-0.39, 0.29) is 0 Å². The summed E-state index contributed by atoms with van der Waals surface area (Å²) in [7, 11) is 0. The molecule has 4 heteroatoms. The van der Waals surface area contributed by atoms with E-state index in [1.165, 1.54) is 18.4 Å². The van der Waals surface area contributed by atoms with Crippen molar-refractivity contribution in [2.24, 2.45) is 5.73 Å². The van der Waals surface area contributed by atoms with Crippen LogP contribution >= 0.6 is 0 Å². The highest BCUT2D eigenvalue weighted by Crippen LogP contribution is 2.26. The summed E-state index contributed by atoms with van der Waals surface area (Å²) in [6.45, 7) is 11.5. The van der Waals surface area contributed by atoms with E-state index in [9.17, 15) is 0 Å². The molecule has 1 heterocycles. The molecule has 0 fully saturated rings. The Hall–Kier alpha value is -2.10. The maximum absolute atomic E-state index is 5.44. The van der Waals surface area contributed by atoms with Crippen molar-refractivity contribution in [2.75, 3.05) is 0 Å². The van der Waals surface area contributed by atoms with Crippen LogP contribution in [0.4, 0.5) is 0 Å². The van der Waals surface area contributed by atoms with Gasteiger partial charge in [-0.2, -0.15) is 4.98 Å². The van der Waals surface area contributed by atoms with E-state index in [0.717, 1.165) is 24.3 Å². The number of hydrogen-bond donors (Lipinski definition) is 1. The van der Waals surface area contributed by atoms with Crippen molar-refractivity contribution < 1.29 is 4.52 Å². The average molecular weight is 315 g/mol. The lowest BCUT2D eigenvalue weighted by atomic mass is 9.99. The zero-order chi connectivity index (χ0) is 17.2. The third-order valence-corrected chi connectivity index (χ3v) is 3.50. The van der Waals surface area contributed by atoms with E-state index < -0.39 is 0 Å². The summed E-state index contributed by atoms with van der Waals surface area (Å²) in [6, 6.07) is 8.22. The first kappa shape index (κ1) is 18.9. The molecule has 0 aliphatic heterocycles. The lowest BCUT2D eigenvalue weighted by Gasteiger charge is -2.07. The number of nitrogens with two attached hydrogens (primary N) is 1. The monoisotopic (exact) mass is 315 g/mol. The lowest BCUT2D eigenvalue weighted by molar-refractivity contribution is 0.340. The molecule has 2 aromatic rings. The molecular formula is C19H29N3O. The Labute approximate surface area is 139 Å². The molecular weight excluding hydrogens is 286 g/mol. The van der Waals surface area contributed by atoms with E-state index >= 15 is 0 Å². The van der Waals surface area contributed by atoms with Crippen LogP contribution in [0, 0.1) is 6.92 Å². The molecule has 1 aromatic heterocycles. The molecule has 0 spiro atoms. The summed E-state index contributed by atoms with van der Waals surface area (Å²) in [5.41, 5.74) is 7.84. The van der Waals surface area contributed by atoms with Crippen LogP contribution in [0.1, 0.15) is 63.8 Å². The van der Waals surface area contributed by atoms with E-state index in [1.54, 1.807) is 6.92 Å². The van der Waals surface area contributed by atoms with Crippen LogP contribution in [-0.2, 0) is 0 Å². The molecule has 126 valence electrons. The molecule has 0 aliphatic rings. The molecule has 0 radical (unpaired) electrons. The number of nitrogens with zero attached hydrogens (tertiary/aromatic N) is 2.